The van der Waals surface area contributed by atoms with Crippen LogP contribution in [-0.4, -0.2) is 10.4 Å². The van der Waals surface area contributed by atoms with Crippen LogP contribution in [0.1, 0.15) is 39.0 Å². The molecule has 0 saturated heterocycles. The minimum Gasteiger partial charge on any atom is -0.287 e. The zero-order valence-corrected chi connectivity index (χ0v) is 9.11. The highest BCUT2D eigenvalue weighted by Gasteiger charge is 2.19. The fourth-order valence-electron chi connectivity index (χ4n) is 1.55. The first-order valence-corrected chi connectivity index (χ1v) is 5.95. The highest BCUT2D eigenvalue weighted by molar-refractivity contribution is 8.14. The number of thioether (sulfide) groups is 1. The molecule has 0 aromatic heterocycles. The van der Waals surface area contributed by atoms with Crippen molar-refractivity contribution >= 4 is 16.9 Å². The highest BCUT2D eigenvalue weighted by Crippen LogP contribution is 2.30. The lowest BCUT2D eigenvalue weighted by Gasteiger charge is -2.20. The van der Waals surface area contributed by atoms with E-state index in [1.165, 1.54) is 32.1 Å². The van der Waals surface area contributed by atoms with Crippen molar-refractivity contribution in [1.82, 2.24) is 0 Å². The normalized spacial score (nSPS) is 21.0. The van der Waals surface area contributed by atoms with E-state index in [0.717, 1.165) is 0 Å². The van der Waals surface area contributed by atoms with Crippen molar-refractivity contribution in [3.8, 4) is 0 Å². The van der Waals surface area contributed by atoms with E-state index in [-0.39, 0.29) is 5.92 Å². The van der Waals surface area contributed by atoms with Crippen molar-refractivity contribution in [1.29, 1.82) is 0 Å². The van der Waals surface area contributed by atoms with Gasteiger partial charge in [-0.1, -0.05) is 44.0 Å². The Hall–Kier alpha value is -0.240. The molecule has 13 heavy (non-hydrogen) atoms. The summed E-state index contributed by atoms with van der Waals surface area (Å²) < 4.78 is 0. The highest BCUT2D eigenvalue weighted by atomic mass is 32.2. The minimum absolute atomic E-state index is 0.0203. The molecule has 0 aromatic carbocycles. The molecule has 0 aliphatic heterocycles. The van der Waals surface area contributed by atoms with Crippen LogP contribution in [0, 0.1) is 5.92 Å². The van der Waals surface area contributed by atoms with Gasteiger partial charge in [0.25, 0.3) is 0 Å². The lowest BCUT2D eigenvalue weighted by Crippen LogP contribution is -2.14. The van der Waals surface area contributed by atoms with Gasteiger partial charge in [-0.2, -0.15) is 0 Å². The Bertz CT molecular complexity index is 183. The van der Waals surface area contributed by atoms with E-state index in [9.17, 15) is 4.79 Å². The SMILES string of the molecule is C=CC(C)C(=O)SC1CCCCC1. The van der Waals surface area contributed by atoms with E-state index >= 15 is 0 Å². The molecule has 1 aliphatic rings. The molecule has 0 heterocycles. The summed E-state index contributed by atoms with van der Waals surface area (Å²) in [5.74, 6) is 0.0203. The van der Waals surface area contributed by atoms with Crippen molar-refractivity contribution in [3.63, 3.8) is 0 Å². The van der Waals surface area contributed by atoms with Gasteiger partial charge in [-0.3, -0.25) is 4.79 Å². The standard InChI is InChI=1S/C11H18OS/c1-3-9(2)11(12)13-10-7-5-4-6-8-10/h3,9-10H,1,4-8H2,2H3. The topological polar surface area (TPSA) is 17.1 Å². The van der Waals surface area contributed by atoms with E-state index < -0.39 is 0 Å². The average Bonchev–Trinajstić information content (AvgIpc) is 2.18. The Labute approximate surface area is 85.0 Å². The van der Waals surface area contributed by atoms with E-state index in [0.29, 0.717) is 10.4 Å². The second-order valence-electron chi connectivity index (χ2n) is 3.72. The van der Waals surface area contributed by atoms with Crippen LogP contribution in [-0.2, 0) is 4.79 Å². The molecule has 1 rings (SSSR count). The first-order chi connectivity index (χ1) is 6.24. The summed E-state index contributed by atoms with van der Waals surface area (Å²) in [6.07, 6.45) is 8.13. The zero-order chi connectivity index (χ0) is 9.68. The summed E-state index contributed by atoms with van der Waals surface area (Å²) in [5.41, 5.74) is 0. The fraction of sp³-hybridized carbons (Fsp3) is 0.727. The van der Waals surface area contributed by atoms with Gasteiger partial charge in [0.1, 0.15) is 0 Å². The number of hydrogen-bond donors (Lipinski definition) is 0. The molecule has 0 N–H and O–H groups in total. The van der Waals surface area contributed by atoms with Crippen LogP contribution in [0.25, 0.3) is 0 Å². The van der Waals surface area contributed by atoms with E-state index in [4.69, 9.17) is 0 Å². The van der Waals surface area contributed by atoms with Crippen molar-refractivity contribution < 1.29 is 4.79 Å². The van der Waals surface area contributed by atoms with Crippen LogP contribution in [0.3, 0.4) is 0 Å². The zero-order valence-electron chi connectivity index (χ0n) is 8.29. The van der Waals surface area contributed by atoms with Gasteiger partial charge in [0.15, 0.2) is 5.12 Å². The van der Waals surface area contributed by atoms with Gasteiger partial charge in [-0.05, 0) is 12.8 Å². The Morgan fingerprint density at radius 1 is 1.46 bits per heavy atom. The molecule has 1 atom stereocenters. The van der Waals surface area contributed by atoms with E-state index in [1.54, 1.807) is 17.8 Å². The summed E-state index contributed by atoms with van der Waals surface area (Å²) in [4.78, 5) is 11.5. The first kappa shape index (κ1) is 10.8. The maximum Gasteiger partial charge on any atom is 0.195 e. The van der Waals surface area contributed by atoms with Gasteiger partial charge in [0.05, 0.1) is 0 Å². The van der Waals surface area contributed by atoms with Crippen molar-refractivity contribution in [2.45, 2.75) is 44.3 Å². The lowest BCUT2D eigenvalue weighted by atomic mass is 10.0. The van der Waals surface area contributed by atoms with Gasteiger partial charge in [0, 0.05) is 11.2 Å². The van der Waals surface area contributed by atoms with Crippen LogP contribution < -0.4 is 0 Å². The third kappa shape index (κ3) is 3.55. The maximum absolute atomic E-state index is 11.5. The van der Waals surface area contributed by atoms with E-state index in [1.807, 2.05) is 6.92 Å². The molecule has 1 aliphatic carbocycles. The molecule has 0 spiro atoms. The second-order valence-corrected chi connectivity index (χ2v) is 5.03. The summed E-state index contributed by atoms with van der Waals surface area (Å²) in [5, 5.41) is 0.880. The van der Waals surface area contributed by atoms with Crippen molar-refractivity contribution in [2.75, 3.05) is 0 Å². The molecule has 0 amide bonds. The largest absolute Gasteiger partial charge is 0.287 e. The number of carbonyl (C=O) groups is 1. The first-order valence-electron chi connectivity index (χ1n) is 5.07. The minimum atomic E-state index is 0.0203. The molecule has 1 nitrogen and oxygen atoms in total. The Balaban J connectivity index is 2.29. The molecule has 0 bridgehead atoms. The number of allylic oxidation sites excluding steroid dienone is 1. The molecule has 74 valence electrons. The van der Waals surface area contributed by atoms with Crippen LogP contribution in [0.15, 0.2) is 12.7 Å². The summed E-state index contributed by atoms with van der Waals surface area (Å²) in [7, 11) is 0. The summed E-state index contributed by atoms with van der Waals surface area (Å²) >= 11 is 1.54. The quantitative estimate of drug-likeness (QED) is 0.646. The predicted octanol–water partition coefficient (Wildman–Crippen LogP) is 3.40. The second kappa shape index (κ2) is 5.48. The van der Waals surface area contributed by atoms with Crippen LogP contribution >= 0.6 is 11.8 Å². The summed E-state index contributed by atoms with van der Waals surface area (Å²) in [6.45, 7) is 5.56. The molecule has 2 heteroatoms. The molecule has 1 unspecified atom stereocenters. The maximum atomic E-state index is 11.5. The molecular formula is C11H18OS. The van der Waals surface area contributed by atoms with Crippen LogP contribution in [0.5, 0.6) is 0 Å². The number of carbonyl (C=O) groups excluding carboxylic acids is 1. The molecular weight excluding hydrogens is 180 g/mol. The van der Waals surface area contributed by atoms with Crippen molar-refractivity contribution in [3.05, 3.63) is 12.7 Å². The third-order valence-electron chi connectivity index (χ3n) is 2.56. The smallest absolute Gasteiger partial charge is 0.195 e. The van der Waals surface area contributed by atoms with Gasteiger partial charge in [0.2, 0.25) is 0 Å². The van der Waals surface area contributed by atoms with Crippen molar-refractivity contribution in [2.24, 2.45) is 5.92 Å². The molecule has 1 fully saturated rings. The third-order valence-corrected chi connectivity index (χ3v) is 3.97. The summed E-state index contributed by atoms with van der Waals surface area (Å²) in [6, 6.07) is 0. The van der Waals surface area contributed by atoms with Crippen LogP contribution in [0.4, 0.5) is 0 Å². The van der Waals surface area contributed by atoms with Gasteiger partial charge in [-0.15, -0.1) is 6.58 Å². The van der Waals surface area contributed by atoms with E-state index in [2.05, 4.69) is 6.58 Å². The van der Waals surface area contributed by atoms with Gasteiger partial charge in [-0.25, -0.2) is 0 Å². The molecule has 1 saturated carbocycles. The van der Waals surface area contributed by atoms with Crippen LogP contribution in [0.2, 0.25) is 0 Å². The monoisotopic (exact) mass is 198 g/mol. The predicted molar refractivity (Wildman–Crippen MR) is 58.8 cm³/mol. The fourth-order valence-corrected chi connectivity index (χ4v) is 2.76. The van der Waals surface area contributed by atoms with Gasteiger partial charge < -0.3 is 0 Å². The molecule has 0 radical (unpaired) electrons. The Morgan fingerprint density at radius 2 is 2.08 bits per heavy atom. The lowest BCUT2D eigenvalue weighted by molar-refractivity contribution is -0.112. The molecule has 0 aromatic rings. The Morgan fingerprint density at radius 3 is 2.62 bits per heavy atom. The average molecular weight is 198 g/mol. The number of hydrogen-bond acceptors (Lipinski definition) is 2. The van der Waals surface area contributed by atoms with Gasteiger partial charge >= 0.3 is 0 Å². The Kier molecular flexibility index (Phi) is 4.57. The number of rotatable bonds is 3.